The van der Waals surface area contributed by atoms with Crippen LogP contribution in [0.3, 0.4) is 0 Å². The van der Waals surface area contributed by atoms with Crippen molar-refractivity contribution in [3.63, 3.8) is 0 Å². The van der Waals surface area contributed by atoms with Gasteiger partial charge in [0.05, 0.1) is 11.3 Å². The smallest absolute Gasteiger partial charge is 0.337 e. The predicted molar refractivity (Wildman–Crippen MR) is 63.8 cm³/mol. The molecule has 1 rings (SSSR count). The molecule has 0 spiro atoms. The fourth-order valence-electron chi connectivity index (χ4n) is 1.13. The molecule has 0 aliphatic carbocycles. The summed E-state index contributed by atoms with van der Waals surface area (Å²) >= 11 is 1.53. The SMILES string of the molecule is C#CCSCCn1cc(C(=O)O)ccc1=O. The van der Waals surface area contributed by atoms with E-state index in [2.05, 4.69) is 5.92 Å². The first-order valence-corrected chi connectivity index (χ1v) is 5.75. The van der Waals surface area contributed by atoms with E-state index in [9.17, 15) is 9.59 Å². The van der Waals surface area contributed by atoms with Crippen molar-refractivity contribution in [3.05, 3.63) is 34.2 Å². The molecule has 0 fully saturated rings. The van der Waals surface area contributed by atoms with E-state index in [1.165, 1.54) is 34.7 Å². The summed E-state index contributed by atoms with van der Waals surface area (Å²) in [4.78, 5) is 22.1. The van der Waals surface area contributed by atoms with Gasteiger partial charge in [-0.3, -0.25) is 4.79 Å². The molecule has 1 N–H and O–H groups in total. The van der Waals surface area contributed by atoms with Crippen molar-refractivity contribution in [3.8, 4) is 12.3 Å². The van der Waals surface area contributed by atoms with Crippen LogP contribution in [0.15, 0.2) is 23.1 Å². The highest BCUT2D eigenvalue weighted by Crippen LogP contribution is 2.01. The molecular weight excluding hydrogens is 226 g/mol. The van der Waals surface area contributed by atoms with Gasteiger partial charge >= 0.3 is 5.97 Å². The van der Waals surface area contributed by atoms with Crippen molar-refractivity contribution in [2.45, 2.75) is 6.54 Å². The number of rotatable bonds is 5. The largest absolute Gasteiger partial charge is 0.478 e. The first kappa shape index (κ1) is 12.4. The summed E-state index contributed by atoms with van der Waals surface area (Å²) in [6, 6.07) is 2.56. The normalized spacial score (nSPS) is 9.69. The van der Waals surface area contributed by atoms with Gasteiger partial charge in [-0.15, -0.1) is 18.2 Å². The van der Waals surface area contributed by atoms with Crippen molar-refractivity contribution in [1.29, 1.82) is 0 Å². The fraction of sp³-hybridized carbons (Fsp3) is 0.273. The summed E-state index contributed by atoms with van der Waals surface area (Å²) in [5.74, 6) is 2.72. The fourth-order valence-corrected chi connectivity index (χ4v) is 1.71. The average Bonchev–Trinajstić information content (AvgIpc) is 2.26. The molecule has 1 aromatic rings. The van der Waals surface area contributed by atoms with Crippen molar-refractivity contribution < 1.29 is 9.90 Å². The molecule has 0 radical (unpaired) electrons. The Hall–Kier alpha value is -1.67. The summed E-state index contributed by atoms with van der Waals surface area (Å²) in [7, 11) is 0. The molecule has 0 aromatic carbocycles. The number of carboxylic acids is 1. The molecule has 5 heteroatoms. The van der Waals surface area contributed by atoms with Crippen LogP contribution in [0.2, 0.25) is 0 Å². The second kappa shape index (κ2) is 6.03. The van der Waals surface area contributed by atoms with Crippen molar-refractivity contribution >= 4 is 17.7 Å². The minimum Gasteiger partial charge on any atom is -0.478 e. The standard InChI is InChI=1S/C11H11NO3S/c1-2-6-16-7-5-12-8-9(11(14)15)3-4-10(12)13/h1,3-4,8H,5-7H2,(H,14,15). The summed E-state index contributed by atoms with van der Waals surface area (Å²) in [6.45, 7) is 0.465. The van der Waals surface area contributed by atoms with E-state index in [0.717, 1.165) is 0 Å². The van der Waals surface area contributed by atoms with Gasteiger partial charge in [-0.2, -0.15) is 0 Å². The van der Waals surface area contributed by atoms with E-state index in [1.807, 2.05) is 0 Å². The van der Waals surface area contributed by atoms with Gasteiger partial charge in [0.1, 0.15) is 0 Å². The number of carbonyl (C=O) groups is 1. The summed E-state index contributed by atoms with van der Waals surface area (Å²) < 4.78 is 1.38. The van der Waals surface area contributed by atoms with Crippen molar-refractivity contribution in [1.82, 2.24) is 4.57 Å². The minimum absolute atomic E-state index is 0.113. The Morgan fingerprint density at radius 1 is 1.56 bits per heavy atom. The molecule has 0 saturated carbocycles. The zero-order chi connectivity index (χ0) is 12.0. The van der Waals surface area contributed by atoms with E-state index in [1.54, 1.807) is 0 Å². The minimum atomic E-state index is -1.04. The zero-order valence-corrected chi connectivity index (χ0v) is 9.37. The van der Waals surface area contributed by atoms with Gasteiger partial charge in [-0.25, -0.2) is 4.79 Å². The van der Waals surface area contributed by atoms with E-state index in [-0.39, 0.29) is 11.1 Å². The van der Waals surface area contributed by atoms with Crippen LogP contribution in [-0.4, -0.2) is 27.1 Å². The lowest BCUT2D eigenvalue weighted by Crippen LogP contribution is -2.21. The van der Waals surface area contributed by atoms with Crippen LogP contribution >= 0.6 is 11.8 Å². The Labute approximate surface area is 97.3 Å². The van der Waals surface area contributed by atoms with Crippen molar-refractivity contribution in [2.75, 3.05) is 11.5 Å². The number of nitrogens with zero attached hydrogens (tertiary/aromatic N) is 1. The molecular formula is C11H11NO3S. The van der Waals surface area contributed by atoms with Gasteiger partial charge in [-0.1, -0.05) is 5.92 Å². The van der Waals surface area contributed by atoms with Crippen LogP contribution in [0.25, 0.3) is 0 Å². The number of aryl methyl sites for hydroxylation is 1. The van der Waals surface area contributed by atoms with E-state index in [0.29, 0.717) is 18.1 Å². The molecule has 4 nitrogen and oxygen atoms in total. The highest BCUT2D eigenvalue weighted by Gasteiger charge is 2.04. The van der Waals surface area contributed by atoms with Gasteiger partial charge in [-0.05, 0) is 6.07 Å². The Morgan fingerprint density at radius 2 is 2.31 bits per heavy atom. The summed E-state index contributed by atoms with van der Waals surface area (Å²) in [5.41, 5.74) is -0.0899. The highest BCUT2D eigenvalue weighted by molar-refractivity contribution is 7.99. The Balaban J connectivity index is 2.72. The number of terminal acetylenes is 1. The lowest BCUT2D eigenvalue weighted by Gasteiger charge is -2.05. The molecule has 1 heterocycles. The third kappa shape index (κ3) is 3.48. The topological polar surface area (TPSA) is 59.3 Å². The van der Waals surface area contributed by atoms with Crippen LogP contribution in [-0.2, 0) is 6.54 Å². The number of carboxylic acid groups (broad SMARTS) is 1. The van der Waals surface area contributed by atoms with E-state index >= 15 is 0 Å². The maximum absolute atomic E-state index is 11.4. The van der Waals surface area contributed by atoms with E-state index in [4.69, 9.17) is 11.5 Å². The lowest BCUT2D eigenvalue weighted by atomic mass is 10.3. The molecule has 1 aromatic heterocycles. The summed E-state index contributed by atoms with van der Waals surface area (Å²) in [6.07, 6.45) is 6.43. The predicted octanol–water partition coefficient (Wildman–Crippen LogP) is 0.913. The maximum Gasteiger partial charge on any atom is 0.337 e. The van der Waals surface area contributed by atoms with Crippen molar-refractivity contribution in [2.24, 2.45) is 0 Å². The molecule has 0 unspecified atom stereocenters. The van der Waals surface area contributed by atoms with Gasteiger partial charge in [0, 0.05) is 24.6 Å². The lowest BCUT2D eigenvalue weighted by molar-refractivity contribution is 0.0696. The monoisotopic (exact) mass is 237 g/mol. The maximum atomic E-state index is 11.4. The van der Waals surface area contributed by atoms with Crippen LogP contribution < -0.4 is 5.56 Å². The number of aromatic nitrogens is 1. The third-order valence-electron chi connectivity index (χ3n) is 1.89. The number of hydrogen-bond donors (Lipinski definition) is 1. The number of hydrogen-bond acceptors (Lipinski definition) is 3. The van der Waals surface area contributed by atoms with Crippen LogP contribution in [0.1, 0.15) is 10.4 Å². The molecule has 84 valence electrons. The van der Waals surface area contributed by atoms with E-state index < -0.39 is 5.97 Å². The number of thioether (sulfide) groups is 1. The quantitative estimate of drug-likeness (QED) is 0.611. The number of pyridine rings is 1. The molecule has 16 heavy (non-hydrogen) atoms. The molecule has 0 aliphatic rings. The highest BCUT2D eigenvalue weighted by atomic mass is 32.2. The Kier molecular flexibility index (Phi) is 4.67. The Morgan fingerprint density at radius 3 is 2.94 bits per heavy atom. The average molecular weight is 237 g/mol. The summed E-state index contributed by atoms with van der Waals surface area (Å²) in [5, 5.41) is 8.76. The van der Waals surface area contributed by atoms with Gasteiger partial charge in [0.25, 0.3) is 5.56 Å². The second-order valence-electron chi connectivity index (χ2n) is 3.01. The van der Waals surface area contributed by atoms with Crippen LogP contribution in [0, 0.1) is 12.3 Å². The van der Waals surface area contributed by atoms with Crippen LogP contribution in [0.5, 0.6) is 0 Å². The molecule has 0 atom stereocenters. The molecule has 0 bridgehead atoms. The Bertz CT molecular complexity index is 473. The van der Waals surface area contributed by atoms with Crippen LogP contribution in [0.4, 0.5) is 0 Å². The molecule has 0 amide bonds. The van der Waals surface area contributed by atoms with Gasteiger partial charge < -0.3 is 9.67 Å². The molecule has 0 aliphatic heterocycles. The number of aromatic carboxylic acids is 1. The van der Waals surface area contributed by atoms with Gasteiger partial charge in [0.2, 0.25) is 0 Å². The third-order valence-corrected chi connectivity index (χ3v) is 2.73. The first-order chi connectivity index (χ1) is 7.65. The molecule has 0 saturated heterocycles. The second-order valence-corrected chi connectivity index (χ2v) is 4.12. The first-order valence-electron chi connectivity index (χ1n) is 4.60. The zero-order valence-electron chi connectivity index (χ0n) is 8.55. The van der Waals surface area contributed by atoms with Gasteiger partial charge in [0.15, 0.2) is 0 Å².